The first kappa shape index (κ1) is 18.4. The average molecular weight is 400 g/mol. The van der Waals surface area contributed by atoms with Crippen molar-refractivity contribution < 1.29 is 9.26 Å². The SMILES string of the molecule is Nc1ncc(-c2ccc(C3(c4noc(-c5cccnc5)n4)CCOCC3)cc2)cn1. The molecule has 0 spiro atoms. The Balaban J connectivity index is 1.51. The molecule has 1 saturated heterocycles. The fourth-order valence-corrected chi connectivity index (χ4v) is 3.85. The van der Waals surface area contributed by atoms with Crippen molar-refractivity contribution in [1.82, 2.24) is 25.1 Å². The minimum atomic E-state index is -0.363. The van der Waals surface area contributed by atoms with Gasteiger partial charge in [0, 0.05) is 43.6 Å². The molecule has 0 bridgehead atoms. The largest absolute Gasteiger partial charge is 0.381 e. The normalized spacial score (nSPS) is 15.7. The highest BCUT2D eigenvalue weighted by molar-refractivity contribution is 5.62. The molecule has 0 aliphatic carbocycles. The highest BCUT2D eigenvalue weighted by Gasteiger charge is 2.40. The summed E-state index contributed by atoms with van der Waals surface area (Å²) >= 11 is 0. The summed E-state index contributed by atoms with van der Waals surface area (Å²) in [6.45, 7) is 1.29. The molecule has 0 atom stereocenters. The van der Waals surface area contributed by atoms with Crippen molar-refractivity contribution in [2.75, 3.05) is 18.9 Å². The Hall–Kier alpha value is -3.65. The summed E-state index contributed by atoms with van der Waals surface area (Å²) in [5.74, 6) is 1.41. The molecule has 4 heterocycles. The average Bonchev–Trinajstić information content (AvgIpc) is 3.32. The molecule has 30 heavy (non-hydrogen) atoms. The number of nitrogen functional groups attached to an aromatic ring is 1. The van der Waals surface area contributed by atoms with Gasteiger partial charge >= 0.3 is 0 Å². The van der Waals surface area contributed by atoms with Gasteiger partial charge in [0.25, 0.3) is 5.89 Å². The van der Waals surface area contributed by atoms with Gasteiger partial charge in [-0.3, -0.25) is 4.98 Å². The van der Waals surface area contributed by atoms with Crippen molar-refractivity contribution in [3.63, 3.8) is 0 Å². The summed E-state index contributed by atoms with van der Waals surface area (Å²) in [6.07, 6.45) is 8.44. The molecule has 150 valence electrons. The molecule has 0 radical (unpaired) electrons. The van der Waals surface area contributed by atoms with Gasteiger partial charge in [-0.25, -0.2) is 9.97 Å². The molecule has 8 nitrogen and oxygen atoms in total. The van der Waals surface area contributed by atoms with E-state index in [2.05, 4.69) is 44.4 Å². The summed E-state index contributed by atoms with van der Waals surface area (Å²) in [7, 11) is 0. The minimum absolute atomic E-state index is 0.262. The van der Waals surface area contributed by atoms with Gasteiger partial charge in [-0.15, -0.1) is 0 Å². The number of benzene rings is 1. The number of ether oxygens (including phenoxy) is 1. The Labute approximate surface area is 173 Å². The van der Waals surface area contributed by atoms with Crippen LogP contribution in [0.2, 0.25) is 0 Å². The topological polar surface area (TPSA) is 113 Å². The molecule has 5 rings (SSSR count). The summed E-state index contributed by atoms with van der Waals surface area (Å²) < 4.78 is 11.2. The molecule has 1 aromatic carbocycles. The van der Waals surface area contributed by atoms with Gasteiger partial charge in [0.05, 0.1) is 11.0 Å². The number of nitrogens with zero attached hydrogens (tertiary/aromatic N) is 5. The number of anilines is 1. The van der Waals surface area contributed by atoms with Crippen LogP contribution in [-0.4, -0.2) is 38.3 Å². The second-order valence-corrected chi connectivity index (χ2v) is 7.27. The number of hydrogen-bond donors (Lipinski definition) is 1. The fraction of sp³-hybridized carbons (Fsp3) is 0.227. The zero-order chi connectivity index (χ0) is 20.4. The van der Waals surface area contributed by atoms with Crippen molar-refractivity contribution in [1.29, 1.82) is 0 Å². The van der Waals surface area contributed by atoms with Gasteiger partial charge in [-0.1, -0.05) is 29.4 Å². The number of nitrogens with two attached hydrogens (primary N) is 1. The van der Waals surface area contributed by atoms with Crippen molar-refractivity contribution in [3.8, 4) is 22.6 Å². The van der Waals surface area contributed by atoms with E-state index in [9.17, 15) is 0 Å². The molecule has 4 aromatic rings. The lowest BCUT2D eigenvalue weighted by Crippen LogP contribution is -2.36. The number of hydrogen-bond acceptors (Lipinski definition) is 8. The maximum absolute atomic E-state index is 5.64. The zero-order valence-corrected chi connectivity index (χ0v) is 16.2. The summed E-state index contributed by atoms with van der Waals surface area (Å²) in [4.78, 5) is 17.0. The molecular weight excluding hydrogens is 380 g/mol. The molecule has 1 fully saturated rings. The van der Waals surface area contributed by atoms with Crippen LogP contribution in [0, 0.1) is 0 Å². The Kier molecular flexibility index (Phi) is 4.68. The number of aromatic nitrogens is 5. The minimum Gasteiger partial charge on any atom is -0.381 e. The van der Waals surface area contributed by atoms with Crippen LogP contribution in [0.3, 0.4) is 0 Å². The van der Waals surface area contributed by atoms with Gasteiger partial charge < -0.3 is 15.0 Å². The summed E-state index contributed by atoms with van der Waals surface area (Å²) in [5, 5.41) is 4.35. The van der Waals surface area contributed by atoms with E-state index in [-0.39, 0.29) is 11.4 Å². The van der Waals surface area contributed by atoms with E-state index in [0.29, 0.717) is 24.9 Å². The molecular formula is C22H20N6O2. The Morgan fingerprint density at radius 2 is 1.63 bits per heavy atom. The van der Waals surface area contributed by atoms with E-state index < -0.39 is 0 Å². The molecule has 8 heteroatoms. The first-order valence-corrected chi connectivity index (χ1v) is 9.75. The van der Waals surface area contributed by atoms with Gasteiger partial charge in [-0.2, -0.15) is 4.98 Å². The fourth-order valence-electron chi connectivity index (χ4n) is 3.85. The van der Waals surface area contributed by atoms with Crippen LogP contribution in [0.4, 0.5) is 5.95 Å². The van der Waals surface area contributed by atoms with Crippen molar-refractivity contribution in [2.24, 2.45) is 0 Å². The van der Waals surface area contributed by atoms with E-state index >= 15 is 0 Å². The second kappa shape index (κ2) is 7.64. The standard InChI is InChI=1S/C22H20N6O2/c23-21-25-13-17(14-26-21)15-3-5-18(6-4-15)22(7-10-29-11-8-22)20-27-19(30-28-20)16-2-1-9-24-12-16/h1-6,9,12-14H,7-8,10-11H2,(H2,23,25,26). The number of rotatable bonds is 4. The Bertz CT molecular complexity index is 1120. The monoisotopic (exact) mass is 400 g/mol. The second-order valence-electron chi connectivity index (χ2n) is 7.27. The van der Waals surface area contributed by atoms with E-state index in [1.807, 2.05) is 12.1 Å². The third-order valence-corrected chi connectivity index (χ3v) is 5.55. The highest BCUT2D eigenvalue weighted by atomic mass is 16.5. The van der Waals surface area contributed by atoms with Crippen LogP contribution < -0.4 is 5.73 Å². The lowest BCUT2D eigenvalue weighted by atomic mass is 9.73. The molecule has 0 amide bonds. The maximum Gasteiger partial charge on any atom is 0.259 e. The molecule has 1 aliphatic rings. The molecule has 3 aromatic heterocycles. The van der Waals surface area contributed by atoms with Gasteiger partial charge in [0.2, 0.25) is 5.95 Å². The van der Waals surface area contributed by atoms with Gasteiger partial charge in [0.1, 0.15) is 0 Å². The summed E-state index contributed by atoms with van der Waals surface area (Å²) in [6, 6.07) is 12.1. The Morgan fingerprint density at radius 1 is 0.867 bits per heavy atom. The molecule has 0 unspecified atom stereocenters. The smallest absolute Gasteiger partial charge is 0.259 e. The first-order chi connectivity index (χ1) is 14.7. The van der Waals surface area contributed by atoms with Crippen LogP contribution in [0.15, 0.2) is 65.7 Å². The lowest BCUT2D eigenvalue weighted by molar-refractivity contribution is 0.0597. The van der Waals surface area contributed by atoms with Crippen LogP contribution in [-0.2, 0) is 10.2 Å². The predicted molar refractivity (Wildman–Crippen MR) is 110 cm³/mol. The predicted octanol–water partition coefficient (Wildman–Crippen LogP) is 3.27. The number of pyridine rings is 1. The Morgan fingerprint density at radius 3 is 2.33 bits per heavy atom. The lowest BCUT2D eigenvalue weighted by Gasteiger charge is -2.35. The van der Waals surface area contributed by atoms with Gasteiger partial charge in [-0.05, 0) is 36.1 Å². The third kappa shape index (κ3) is 3.31. The molecule has 1 aliphatic heterocycles. The first-order valence-electron chi connectivity index (χ1n) is 9.75. The van der Waals surface area contributed by atoms with Crippen molar-refractivity contribution in [3.05, 3.63) is 72.6 Å². The van der Waals surface area contributed by atoms with E-state index in [1.54, 1.807) is 24.8 Å². The van der Waals surface area contributed by atoms with Crippen LogP contribution in [0.25, 0.3) is 22.6 Å². The van der Waals surface area contributed by atoms with E-state index in [4.69, 9.17) is 20.0 Å². The van der Waals surface area contributed by atoms with Crippen molar-refractivity contribution in [2.45, 2.75) is 18.3 Å². The van der Waals surface area contributed by atoms with E-state index in [1.165, 1.54) is 0 Å². The van der Waals surface area contributed by atoms with Crippen LogP contribution in [0.1, 0.15) is 24.2 Å². The zero-order valence-electron chi connectivity index (χ0n) is 16.2. The van der Waals surface area contributed by atoms with Crippen LogP contribution in [0.5, 0.6) is 0 Å². The molecule has 2 N–H and O–H groups in total. The van der Waals surface area contributed by atoms with Gasteiger partial charge in [0.15, 0.2) is 5.82 Å². The van der Waals surface area contributed by atoms with Crippen LogP contribution >= 0.6 is 0 Å². The maximum atomic E-state index is 5.64. The quantitative estimate of drug-likeness (QED) is 0.555. The highest BCUT2D eigenvalue weighted by Crippen LogP contribution is 2.41. The van der Waals surface area contributed by atoms with E-state index in [0.717, 1.165) is 35.1 Å². The van der Waals surface area contributed by atoms with Crippen molar-refractivity contribution >= 4 is 5.95 Å². The summed E-state index contributed by atoms with van der Waals surface area (Å²) in [5.41, 5.74) is 9.09. The third-order valence-electron chi connectivity index (χ3n) is 5.55. The molecule has 0 saturated carbocycles.